The predicted octanol–water partition coefficient (Wildman–Crippen LogP) is 8.74. The van der Waals surface area contributed by atoms with Gasteiger partial charge in [-0.2, -0.15) is 24.9 Å². The molecule has 18 unspecified atom stereocenters. The van der Waals surface area contributed by atoms with E-state index in [1.165, 1.54) is 0 Å². The lowest BCUT2D eigenvalue weighted by Gasteiger charge is -2.32. The van der Waals surface area contributed by atoms with Crippen molar-refractivity contribution >= 4 is 88.4 Å². The van der Waals surface area contributed by atoms with Crippen molar-refractivity contribution in [3.8, 4) is 0 Å². The van der Waals surface area contributed by atoms with Gasteiger partial charge in [-0.1, -0.05) is 34.3 Å². The zero-order valence-electron chi connectivity index (χ0n) is 114. The Kier molecular flexibility index (Phi) is 16.3. The SMILES string of the molecule is [2H]C([2H])([2H])C1([2H])C([2H])(O)CC(Nc2nc(NC(C)(C)C)ncc2C(N)=O)C([2H])([2H])C1([2H])[2H].[2H]C([2H])([2H])C1([2H])C([2H])([2H])C([2H])([2H])C(Nc2nc(NC(C)(C)C)ncc2C(N)=O)C([2H])([2H])C1([2H])O.[2H]C1(Nc2nc(NC(C)(C)C)ncc2C(N)=O)CC([2H])([2H])C([2H])(C([2H])([2H])[2H])C([2H])(O)C1.[2H]C1C(Nc2nc(NC(C)(C)C)ncc2C(N)=O)C([2H])([2H])C([2H])([2H])C([2H])(C([2H])([2H])[2H])C1([2H])O.[2H]C1C([2H])(Nc2nc(NC(C)(C)C)ncc2C(N)=O)C([2H])C([2H])(O)C([2H])(C([2H])([2H])[2H])C1([2H])[2H]. The molecular formula is C80H135N25O10. The molecule has 115 heavy (non-hydrogen) atoms. The summed E-state index contributed by atoms with van der Waals surface area (Å²) in [7, 11) is 0. The zero-order valence-corrected chi connectivity index (χ0v) is 65.6. The molecule has 35 heteroatoms. The van der Waals surface area contributed by atoms with E-state index in [1.807, 2.05) is 41.5 Å². The number of hydrogen-bond donors (Lipinski definition) is 20. The summed E-state index contributed by atoms with van der Waals surface area (Å²) < 4.78 is 385. The molecule has 5 heterocycles. The highest BCUT2D eigenvalue weighted by atomic mass is 16.3. The normalized spacial score (nSPS) is 45.2. The van der Waals surface area contributed by atoms with Crippen molar-refractivity contribution in [2.24, 2.45) is 58.1 Å². The van der Waals surface area contributed by atoms with Crippen LogP contribution in [0.3, 0.4) is 0 Å². The Morgan fingerprint density at radius 3 is 0.983 bits per heavy atom. The molecule has 5 saturated carbocycles. The second-order valence-corrected chi connectivity index (χ2v) is 30.4. The van der Waals surface area contributed by atoms with Gasteiger partial charge in [0.05, 0.1) is 67.8 Å². The highest BCUT2D eigenvalue weighted by Crippen LogP contribution is 2.34. The third-order valence-electron chi connectivity index (χ3n) is 14.1. The van der Waals surface area contributed by atoms with E-state index in [-0.39, 0.29) is 58.1 Å². The number of carbonyl (C=O) groups is 5. The van der Waals surface area contributed by atoms with Gasteiger partial charge in [-0.05, 0) is 229 Å². The molecular weight excluding hydrogens is 1470 g/mol. The van der Waals surface area contributed by atoms with E-state index in [1.54, 1.807) is 62.3 Å². The van der Waals surface area contributed by atoms with Crippen molar-refractivity contribution in [2.75, 3.05) is 53.2 Å². The largest absolute Gasteiger partial charge is 0.393 e. The average molecular weight is 1660 g/mol. The van der Waals surface area contributed by atoms with Crippen LogP contribution < -0.4 is 81.8 Å². The molecule has 0 bridgehead atoms. The van der Waals surface area contributed by atoms with E-state index in [4.69, 9.17) is 94.5 Å². The highest BCUT2D eigenvalue weighted by Gasteiger charge is 2.34. The maximum absolute atomic E-state index is 11.9. The first-order valence-electron chi connectivity index (χ1n) is 58.9. The first kappa shape index (κ1) is 45.9. The topological polar surface area (TPSA) is 566 Å². The van der Waals surface area contributed by atoms with Crippen molar-refractivity contribution in [2.45, 2.75) is 322 Å². The van der Waals surface area contributed by atoms with Crippen LogP contribution in [0.4, 0.5) is 58.8 Å². The first-order chi connectivity index (χ1) is 71.6. The van der Waals surface area contributed by atoms with E-state index in [0.29, 0.717) is 0 Å². The van der Waals surface area contributed by atoms with Gasteiger partial charge < -0.3 is 107 Å². The lowest BCUT2D eigenvalue weighted by Crippen LogP contribution is -2.36. The minimum atomic E-state index is -4.00. The number of nitrogens with two attached hydrogens (primary N) is 5. The Bertz CT molecular complexity index is 6260. The number of rotatable bonds is 20. The van der Waals surface area contributed by atoms with Crippen LogP contribution in [0, 0.1) is 29.5 Å². The Morgan fingerprint density at radius 1 is 0.357 bits per heavy atom. The molecule has 0 spiro atoms. The van der Waals surface area contributed by atoms with Crippen LogP contribution in [0.25, 0.3) is 0 Å². The van der Waals surface area contributed by atoms with Crippen LogP contribution in [0.2, 0.25) is 0 Å². The van der Waals surface area contributed by atoms with Gasteiger partial charge in [0.2, 0.25) is 29.7 Å². The fraction of sp³-hybridized carbons (Fsp3) is 0.688. The number of amides is 5. The summed E-state index contributed by atoms with van der Waals surface area (Å²) in [6, 6.07) is -11.5. The molecule has 0 aliphatic heterocycles. The van der Waals surface area contributed by atoms with Gasteiger partial charge in [-0.15, -0.1) is 0 Å². The van der Waals surface area contributed by atoms with Crippen LogP contribution in [-0.2, 0) is 0 Å². The molecule has 0 radical (unpaired) electrons. The third-order valence-corrected chi connectivity index (χ3v) is 14.1. The highest BCUT2D eigenvalue weighted by molar-refractivity contribution is 6.00. The summed E-state index contributed by atoms with van der Waals surface area (Å²) >= 11 is 0. The Balaban J connectivity index is 0.000000309. The van der Waals surface area contributed by atoms with E-state index in [2.05, 4.69) is 103 Å². The molecule has 25 N–H and O–H groups in total. The average Bonchev–Trinajstić information content (AvgIpc) is 0.660. The van der Waals surface area contributed by atoms with Crippen molar-refractivity contribution < 1.29 is 115 Å². The summed E-state index contributed by atoms with van der Waals surface area (Å²) in [5.74, 6) is -25.3. The van der Waals surface area contributed by atoms with Crippen LogP contribution in [0.1, 0.15) is 352 Å². The monoisotopic (exact) mass is 1650 g/mol. The quantitative estimate of drug-likeness (QED) is 0.0346. The van der Waals surface area contributed by atoms with Gasteiger partial charge in [0.15, 0.2) is 0 Å². The minimum absolute atomic E-state index is 0.0304. The summed E-state index contributed by atoms with van der Waals surface area (Å²) in [5.41, 5.74) is 22.3. The molecule has 5 amide bonds. The second kappa shape index (κ2) is 40.9. The van der Waals surface area contributed by atoms with E-state index in [0.717, 1.165) is 31.0 Å². The molecule has 5 fully saturated rings. The summed E-state index contributed by atoms with van der Waals surface area (Å²) in [4.78, 5) is 99.3. The molecule has 0 aromatic carbocycles. The molecule has 5 aromatic heterocycles. The number of nitrogens with one attached hydrogen (secondary N) is 10. The van der Waals surface area contributed by atoms with E-state index in [9.17, 15) is 49.5 Å². The van der Waals surface area contributed by atoms with Gasteiger partial charge in [-0.3, -0.25) is 24.0 Å². The predicted molar refractivity (Wildman–Crippen MR) is 452 cm³/mol. The second-order valence-electron chi connectivity index (χ2n) is 30.4. The van der Waals surface area contributed by atoms with Crippen LogP contribution in [0.15, 0.2) is 31.0 Å². The molecule has 640 valence electrons. The Labute approximate surface area is 745 Å². The molecule has 5 aliphatic rings. The van der Waals surface area contributed by atoms with Crippen molar-refractivity contribution in [3.05, 3.63) is 58.8 Å². The lowest BCUT2D eigenvalue weighted by molar-refractivity contribution is 0.0737. The molecule has 18 atom stereocenters. The molecule has 0 saturated heterocycles. The number of carbonyl (C=O) groups excluding carboxylic acids is 5. The smallest absolute Gasteiger partial charge is 0.254 e. The number of nitrogens with zero attached hydrogens (tertiary/aromatic N) is 10. The fourth-order valence-electron chi connectivity index (χ4n) is 9.12. The fourth-order valence-corrected chi connectivity index (χ4v) is 9.12. The van der Waals surface area contributed by atoms with Crippen LogP contribution in [-0.4, -0.2) is 193 Å². The number of primary amides is 5. The van der Waals surface area contributed by atoms with Crippen LogP contribution in [0.5, 0.6) is 0 Å². The molecule has 5 aliphatic carbocycles. The van der Waals surface area contributed by atoms with Gasteiger partial charge in [0.1, 0.15) is 29.1 Å². The first-order valence-corrected chi connectivity index (χ1v) is 34.6. The zero-order chi connectivity index (χ0) is 128. The summed E-state index contributed by atoms with van der Waals surface area (Å²) in [6.07, 6.45) is -53.8. The third kappa shape index (κ3) is 31.9. The molecule has 35 nitrogen and oxygen atoms in total. The Hall–Kier alpha value is -9.45. The van der Waals surface area contributed by atoms with E-state index >= 15 is 0 Å². The van der Waals surface area contributed by atoms with Gasteiger partial charge in [0.25, 0.3) is 29.5 Å². The molecule has 10 rings (SSSR count). The van der Waals surface area contributed by atoms with Gasteiger partial charge in [0, 0.05) is 145 Å². The van der Waals surface area contributed by atoms with Crippen molar-refractivity contribution in [1.82, 2.24) is 49.8 Å². The van der Waals surface area contributed by atoms with Gasteiger partial charge in [-0.25, -0.2) is 24.9 Å². The number of anilines is 10. The van der Waals surface area contributed by atoms with Crippen LogP contribution >= 0.6 is 0 Å². The maximum Gasteiger partial charge on any atom is 0.254 e. The number of aliphatic hydroxyl groups is 5. The number of hydrogen-bond acceptors (Lipinski definition) is 30. The Morgan fingerprint density at radius 2 is 0.635 bits per heavy atom. The maximum atomic E-state index is 11.9. The summed E-state index contributed by atoms with van der Waals surface area (Å²) in [6.45, 7) is 8.86. The molecule has 5 aromatic rings. The minimum Gasteiger partial charge on any atom is -0.393 e. The lowest BCUT2D eigenvalue weighted by atomic mass is 9.85. The van der Waals surface area contributed by atoms with Gasteiger partial charge >= 0.3 is 0 Å². The van der Waals surface area contributed by atoms with Crippen molar-refractivity contribution in [3.63, 3.8) is 0 Å². The van der Waals surface area contributed by atoms with E-state index < -0.39 is 306 Å². The van der Waals surface area contributed by atoms with Crippen molar-refractivity contribution in [1.29, 1.82) is 0 Å². The summed E-state index contributed by atoms with van der Waals surface area (Å²) in [5, 5.41) is 79.5. The standard InChI is InChI=1S/5C16H27N5O2/c5*1-9-5-6-10(7-12(9)22)19-14-11(13(17)23)8-18-15(20-14)21-16(2,3)4/h5*8-10,12,22H,5-7H2,1-4H3,(H2,17,23)(H2,18,19,20,21)/i1D3,5D2,6D,7D,9D,10D,12D;1D3,5D2,6D2,7D2,9D,12D;1D3,5D2,6D2,7D,9D,12D;1D3,5D2,9D,10D,12D;1D3,5D2,6D2,9D,12D. The number of aromatic nitrogens is 10.